The van der Waals surface area contributed by atoms with Gasteiger partial charge in [-0.15, -0.1) is 0 Å². The maximum absolute atomic E-state index is 10.6. The molecule has 0 aliphatic rings. The fourth-order valence-corrected chi connectivity index (χ4v) is 0.996. The molecule has 0 spiro atoms. The Kier molecular flexibility index (Phi) is 7.52. The van der Waals surface area contributed by atoms with E-state index in [1.807, 2.05) is 0 Å². The molecule has 1 heterocycles. The lowest BCUT2D eigenvalue weighted by atomic mass is 10.4. The van der Waals surface area contributed by atoms with Gasteiger partial charge in [-0.3, -0.25) is 19.6 Å². The van der Waals surface area contributed by atoms with E-state index >= 15 is 0 Å². The summed E-state index contributed by atoms with van der Waals surface area (Å²) in [6, 6.07) is 0. The van der Waals surface area contributed by atoms with Crippen LogP contribution in [0.15, 0.2) is 6.20 Å². The lowest BCUT2D eigenvalue weighted by Gasteiger charge is -1.97. The maximum atomic E-state index is 10.6. The van der Waals surface area contributed by atoms with Crippen LogP contribution in [0.2, 0.25) is 0 Å². The topological polar surface area (TPSA) is 128 Å². The summed E-state index contributed by atoms with van der Waals surface area (Å²) < 4.78 is 5.91. The van der Waals surface area contributed by atoms with Crippen LogP contribution in [0.1, 0.15) is 10.5 Å². The smallest absolute Gasteiger partial charge is 0.363 e. The van der Waals surface area contributed by atoms with Gasteiger partial charge < -0.3 is 14.7 Å². The van der Waals surface area contributed by atoms with Crippen molar-refractivity contribution in [2.45, 2.75) is 6.54 Å². The molecule has 0 unspecified atom stereocenters. The second kappa shape index (κ2) is 8.58. The fourth-order valence-electron chi connectivity index (χ4n) is 0.996. The Hall–Kier alpha value is -2.49. The van der Waals surface area contributed by atoms with E-state index < -0.39 is 22.3 Å². The number of aromatic nitrogens is 2. The molecule has 0 aromatic carbocycles. The Balaban J connectivity index is 0.000000621. The van der Waals surface area contributed by atoms with Crippen LogP contribution >= 0.6 is 0 Å². The van der Waals surface area contributed by atoms with Crippen molar-refractivity contribution in [2.75, 3.05) is 27.8 Å². The SMILES string of the molecule is CN(C)C=O.COCCn1cc([N+](=O)[O-])c(C(=O)O)n1. The van der Waals surface area contributed by atoms with Crippen molar-refractivity contribution in [3.63, 3.8) is 0 Å². The van der Waals surface area contributed by atoms with Crippen LogP contribution < -0.4 is 0 Å². The zero-order chi connectivity index (χ0) is 15.7. The van der Waals surface area contributed by atoms with Crippen molar-refractivity contribution in [1.82, 2.24) is 14.7 Å². The quantitative estimate of drug-likeness (QED) is 0.437. The van der Waals surface area contributed by atoms with Gasteiger partial charge in [0.2, 0.25) is 12.1 Å². The molecule has 10 nitrogen and oxygen atoms in total. The first-order chi connectivity index (χ1) is 9.33. The summed E-state index contributed by atoms with van der Waals surface area (Å²) >= 11 is 0. The molecule has 10 heteroatoms. The molecule has 0 saturated carbocycles. The highest BCUT2D eigenvalue weighted by Crippen LogP contribution is 2.16. The van der Waals surface area contributed by atoms with Crippen LogP contribution in [0.25, 0.3) is 0 Å². The number of amides is 1. The van der Waals surface area contributed by atoms with E-state index in [0.29, 0.717) is 6.61 Å². The van der Waals surface area contributed by atoms with Gasteiger partial charge in [0.05, 0.1) is 18.1 Å². The van der Waals surface area contributed by atoms with Gasteiger partial charge in [-0.2, -0.15) is 5.10 Å². The largest absolute Gasteiger partial charge is 0.476 e. The summed E-state index contributed by atoms with van der Waals surface area (Å²) in [7, 11) is 4.84. The standard InChI is InChI=1S/C7H9N3O5.C3H7NO/c1-15-3-2-9-4-5(10(13)14)6(8-9)7(11)12;1-4(2)3-5/h4H,2-3H2,1H3,(H,11,12);3H,1-2H3. The third-order valence-electron chi connectivity index (χ3n) is 1.88. The van der Waals surface area contributed by atoms with E-state index in [1.165, 1.54) is 16.7 Å². The molecule has 0 aliphatic heterocycles. The molecule has 112 valence electrons. The van der Waals surface area contributed by atoms with Gasteiger partial charge in [0, 0.05) is 21.2 Å². The van der Waals surface area contributed by atoms with E-state index in [-0.39, 0.29) is 6.54 Å². The first-order valence-corrected chi connectivity index (χ1v) is 5.39. The summed E-state index contributed by atoms with van der Waals surface area (Å²) in [4.78, 5) is 31.2. The lowest BCUT2D eigenvalue weighted by Crippen LogP contribution is -2.06. The summed E-state index contributed by atoms with van der Waals surface area (Å²) in [6.45, 7) is 0.572. The molecule has 1 aromatic rings. The Morgan fingerprint density at radius 1 is 1.65 bits per heavy atom. The maximum Gasteiger partial charge on any atom is 0.363 e. The summed E-state index contributed by atoms with van der Waals surface area (Å²) in [5.41, 5.74) is -1.07. The second-order valence-electron chi connectivity index (χ2n) is 3.75. The Morgan fingerprint density at radius 3 is 2.50 bits per heavy atom. The highest BCUT2D eigenvalue weighted by Gasteiger charge is 2.24. The number of nitrogens with zero attached hydrogens (tertiary/aromatic N) is 4. The second-order valence-corrected chi connectivity index (χ2v) is 3.75. The first-order valence-electron chi connectivity index (χ1n) is 5.39. The molecular weight excluding hydrogens is 272 g/mol. The third kappa shape index (κ3) is 5.91. The van der Waals surface area contributed by atoms with E-state index in [2.05, 4.69) is 5.10 Å². The van der Waals surface area contributed by atoms with Crippen LogP contribution in [0.3, 0.4) is 0 Å². The molecule has 0 radical (unpaired) electrons. The van der Waals surface area contributed by atoms with Crippen LogP contribution in [0.5, 0.6) is 0 Å². The van der Waals surface area contributed by atoms with Gasteiger partial charge in [0.15, 0.2) is 0 Å². The van der Waals surface area contributed by atoms with Crippen LogP contribution in [0, 0.1) is 10.1 Å². The predicted octanol–water partition coefficient (Wildman–Crippen LogP) is -0.160. The summed E-state index contributed by atoms with van der Waals surface area (Å²) in [5.74, 6) is -1.42. The highest BCUT2D eigenvalue weighted by molar-refractivity contribution is 5.89. The van der Waals surface area contributed by atoms with Crippen molar-refractivity contribution in [3.05, 3.63) is 22.0 Å². The van der Waals surface area contributed by atoms with Crippen molar-refractivity contribution in [2.24, 2.45) is 0 Å². The normalized spacial score (nSPS) is 9.35. The Morgan fingerprint density at radius 2 is 2.20 bits per heavy atom. The van der Waals surface area contributed by atoms with Crippen LogP contribution in [-0.4, -0.2) is 64.9 Å². The van der Waals surface area contributed by atoms with Gasteiger partial charge >= 0.3 is 11.7 Å². The van der Waals surface area contributed by atoms with Gasteiger partial charge in [-0.05, 0) is 0 Å². The molecule has 1 rings (SSSR count). The number of nitro groups is 1. The molecular formula is C10H16N4O6. The molecule has 0 aliphatic carbocycles. The first kappa shape index (κ1) is 17.5. The number of carbonyl (C=O) groups is 2. The van der Waals surface area contributed by atoms with Crippen molar-refractivity contribution in [1.29, 1.82) is 0 Å². The third-order valence-corrected chi connectivity index (χ3v) is 1.88. The zero-order valence-electron chi connectivity index (χ0n) is 11.3. The Labute approximate surface area is 114 Å². The molecule has 0 saturated heterocycles. The van der Waals surface area contributed by atoms with Crippen molar-refractivity contribution < 1.29 is 24.4 Å². The van der Waals surface area contributed by atoms with Crippen LogP contribution in [-0.2, 0) is 16.1 Å². The number of methoxy groups -OCH3 is 1. The number of hydrogen-bond acceptors (Lipinski definition) is 6. The van der Waals surface area contributed by atoms with E-state index in [9.17, 15) is 19.7 Å². The minimum atomic E-state index is -1.42. The van der Waals surface area contributed by atoms with Gasteiger partial charge in [-0.1, -0.05) is 0 Å². The average Bonchev–Trinajstić information content (AvgIpc) is 2.81. The van der Waals surface area contributed by atoms with E-state index in [4.69, 9.17) is 9.84 Å². The van der Waals surface area contributed by atoms with Gasteiger partial charge in [-0.25, -0.2) is 4.79 Å². The van der Waals surface area contributed by atoms with Gasteiger partial charge in [0.1, 0.15) is 6.20 Å². The van der Waals surface area contributed by atoms with E-state index in [1.54, 1.807) is 14.1 Å². The minimum absolute atomic E-state index is 0.268. The number of hydrogen-bond donors (Lipinski definition) is 1. The van der Waals surface area contributed by atoms with Crippen molar-refractivity contribution >= 4 is 18.1 Å². The number of aromatic carboxylic acids is 1. The fraction of sp³-hybridized carbons (Fsp3) is 0.500. The molecule has 0 atom stereocenters. The number of carbonyl (C=O) groups excluding carboxylic acids is 1. The number of carboxylic acids is 1. The molecule has 0 fully saturated rings. The molecule has 1 N–H and O–H groups in total. The number of rotatable bonds is 6. The van der Waals surface area contributed by atoms with Gasteiger partial charge in [0.25, 0.3) is 0 Å². The average molecular weight is 288 g/mol. The van der Waals surface area contributed by atoms with Crippen LogP contribution in [0.4, 0.5) is 5.69 Å². The summed E-state index contributed by atoms with van der Waals surface area (Å²) in [6.07, 6.45) is 1.82. The zero-order valence-corrected chi connectivity index (χ0v) is 11.3. The highest BCUT2D eigenvalue weighted by atomic mass is 16.6. The molecule has 0 bridgehead atoms. The number of carboxylic acid groups (broad SMARTS) is 1. The lowest BCUT2D eigenvalue weighted by molar-refractivity contribution is -0.385. The number of ether oxygens (including phenoxy) is 1. The Bertz CT molecular complexity index is 439. The summed E-state index contributed by atoms with van der Waals surface area (Å²) in [5, 5.41) is 22.7. The molecule has 20 heavy (non-hydrogen) atoms. The monoisotopic (exact) mass is 288 g/mol. The molecule has 1 amide bonds. The minimum Gasteiger partial charge on any atom is -0.476 e. The van der Waals surface area contributed by atoms with E-state index in [0.717, 1.165) is 12.6 Å². The molecule has 1 aromatic heterocycles. The van der Waals surface area contributed by atoms with Crippen molar-refractivity contribution in [3.8, 4) is 0 Å². The predicted molar refractivity (Wildman–Crippen MR) is 67.5 cm³/mol.